The number of aliphatic imine (C=N–C) groups is 1. The van der Waals surface area contributed by atoms with Crippen molar-refractivity contribution in [1.82, 2.24) is 10.6 Å². The van der Waals surface area contributed by atoms with E-state index in [1.54, 1.807) is 18.4 Å². The molecule has 21 heavy (non-hydrogen) atoms. The first-order valence-electron chi connectivity index (χ1n) is 6.49. The normalized spacial score (nSPS) is 10.9. The Bertz CT molecular complexity index is 541. The topological polar surface area (TPSA) is 36.4 Å². The average molecular weight is 480 g/mol. The highest BCUT2D eigenvalue weighted by Crippen LogP contribution is 2.10. The van der Waals surface area contributed by atoms with Gasteiger partial charge >= 0.3 is 0 Å². The summed E-state index contributed by atoms with van der Waals surface area (Å²) in [4.78, 5) is 5.62. The zero-order valence-corrected chi connectivity index (χ0v) is 16.5. The third kappa shape index (κ3) is 6.80. The molecule has 0 aliphatic rings. The highest BCUT2D eigenvalue weighted by atomic mass is 127. The largest absolute Gasteiger partial charge is 0.356 e. The fourth-order valence-electron chi connectivity index (χ4n) is 1.77. The minimum atomic E-state index is 0. The number of guanidine groups is 1. The fourth-order valence-corrected chi connectivity index (χ4v) is 2.74. The van der Waals surface area contributed by atoms with E-state index in [0.717, 1.165) is 29.9 Å². The van der Waals surface area contributed by atoms with Gasteiger partial charge < -0.3 is 10.6 Å². The van der Waals surface area contributed by atoms with Crippen LogP contribution in [-0.4, -0.2) is 19.6 Å². The molecule has 3 nitrogen and oxygen atoms in total. The summed E-state index contributed by atoms with van der Waals surface area (Å²) in [5.41, 5.74) is 1.23. The number of thiophene rings is 1. The molecule has 0 saturated carbocycles. The number of nitrogens with one attached hydrogen (secondary N) is 2. The van der Waals surface area contributed by atoms with Gasteiger partial charge in [-0.25, -0.2) is 0 Å². The molecule has 6 heteroatoms. The molecule has 2 rings (SSSR count). The van der Waals surface area contributed by atoms with Crippen molar-refractivity contribution in [3.8, 4) is 0 Å². The van der Waals surface area contributed by atoms with Gasteiger partial charge in [-0.1, -0.05) is 34.1 Å². The third-order valence-electron chi connectivity index (χ3n) is 2.84. The van der Waals surface area contributed by atoms with E-state index < -0.39 is 0 Å². The first-order valence-corrected chi connectivity index (χ1v) is 8.16. The quantitative estimate of drug-likeness (QED) is 0.385. The standard InChI is InChI=1S/C15H18BrN3S.HI/c1-17-15(18-9-8-14-3-2-10-20-14)19-11-12-4-6-13(16)7-5-12;/h2-7,10H,8-9,11H2,1H3,(H2,17,18,19);1H. The molecular formula is C15H19BrIN3S. The van der Waals surface area contributed by atoms with Crippen molar-refractivity contribution >= 4 is 57.2 Å². The highest BCUT2D eigenvalue weighted by Gasteiger charge is 1.99. The Labute approximate surface area is 155 Å². The van der Waals surface area contributed by atoms with E-state index in [-0.39, 0.29) is 24.0 Å². The molecule has 0 radical (unpaired) electrons. The molecule has 0 unspecified atom stereocenters. The van der Waals surface area contributed by atoms with Gasteiger partial charge in [0.2, 0.25) is 0 Å². The van der Waals surface area contributed by atoms with Crippen molar-refractivity contribution in [2.24, 2.45) is 4.99 Å². The molecule has 0 spiro atoms. The molecule has 1 heterocycles. The van der Waals surface area contributed by atoms with Crippen molar-refractivity contribution in [3.05, 3.63) is 56.7 Å². The van der Waals surface area contributed by atoms with E-state index in [2.05, 4.69) is 61.2 Å². The SMILES string of the molecule is CN=C(NCCc1cccs1)NCc1ccc(Br)cc1.I. The van der Waals surface area contributed by atoms with E-state index in [0.29, 0.717) is 0 Å². The average Bonchev–Trinajstić information content (AvgIpc) is 2.97. The van der Waals surface area contributed by atoms with Crippen LogP contribution in [0, 0.1) is 0 Å². The lowest BCUT2D eigenvalue weighted by Crippen LogP contribution is -2.37. The summed E-state index contributed by atoms with van der Waals surface area (Å²) < 4.78 is 1.10. The molecule has 0 amide bonds. The van der Waals surface area contributed by atoms with Crippen LogP contribution < -0.4 is 10.6 Å². The second kappa shape index (κ2) is 10.2. The van der Waals surface area contributed by atoms with Crippen LogP contribution in [0.2, 0.25) is 0 Å². The Morgan fingerprint density at radius 2 is 1.95 bits per heavy atom. The Hall–Kier alpha value is -0.600. The molecule has 0 atom stereocenters. The number of hydrogen-bond acceptors (Lipinski definition) is 2. The van der Waals surface area contributed by atoms with Gasteiger partial charge in [0, 0.05) is 29.5 Å². The molecule has 2 N–H and O–H groups in total. The highest BCUT2D eigenvalue weighted by molar-refractivity contribution is 14.0. The molecule has 1 aromatic carbocycles. The Morgan fingerprint density at radius 1 is 1.19 bits per heavy atom. The molecule has 0 aliphatic carbocycles. The molecule has 0 saturated heterocycles. The zero-order chi connectivity index (χ0) is 14.2. The number of hydrogen-bond donors (Lipinski definition) is 2. The Kier molecular flexibility index (Phi) is 8.94. The third-order valence-corrected chi connectivity index (χ3v) is 4.31. The summed E-state index contributed by atoms with van der Waals surface area (Å²) in [5, 5.41) is 8.74. The van der Waals surface area contributed by atoms with Crippen LogP contribution in [0.25, 0.3) is 0 Å². The van der Waals surface area contributed by atoms with E-state index in [1.165, 1.54) is 10.4 Å². The smallest absolute Gasteiger partial charge is 0.191 e. The number of halogens is 2. The summed E-state index contributed by atoms with van der Waals surface area (Å²) >= 11 is 5.23. The maximum Gasteiger partial charge on any atom is 0.191 e. The van der Waals surface area contributed by atoms with Gasteiger partial charge in [-0.05, 0) is 35.6 Å². The van der Waals surface area contributed by atoms with E-state index in [1.807, 2.05) is 12.1 Å². The number of nitrogens with zero attached hydrogens (tertiary/aromatic N) is 1. The molecule has 114 valence electrons. The van der Waals surface area contributed by atoms with Crippen molar-refractivity contribution in [1.29, 1.82) is 0 Å². The van der Waals surface area contributed by atoms with Crippen molar-refractivity contribution in [3.63, 3.8) is 0 Å². The lowest BCUT2D eigenvalue weighted by atomic mass is 10.2. The first-order chi connectivity index (χ1) is 9.78. The fraction of sp³-hybridized carbons (Fsp3) is 0.267. The second-order valence-electron chi connectivity index (χ2n) is 4.31. The van der Waals surface area contributed by atoms with Gasteiger partial charge in [0.1, 0.15) is 0 Å². The summed E-state index contributed by atoms with van der Waals surface area (Å²) in [7, 11) is 1.79. The molecule has 1 aromatic heterocycles. The number of benzene rings is 1. The predicted octanol–water partition coefficient (Wildman–Crippen LogP) is 4.04. The van der Waals surface area contributed by atoms with E-state index in [4.69, 9.17) is 0 Å². The first kappa shape index (κ1) is 18.4. The summed E-state index contributed by atoms with van der Waals surface area (Å²) in [5.74, 6) is 0.837. The van der Waals surface area contributed by atoms with Crippen molar-refractivity contribution in [2.45, 2.75) is 13.0 Å². The van der Waals surface area contributed by atoms with Crippen molar-refractivity contribution < 1.29 is 0 Å². The molecule has 0 aliphatic heterocycles. The van der Waals surface area contributed by atoms with Gasteiger partial charge in [0.15, 0.2) is 5.96 Å². The van der Waals surface area contributed by atoms with Crippen LogP contribution in [-0.2, 0) is 13.0 Å². The van der Waals surface area contributed by atoms with Gasteiger partial charge in [0.05, 0.1) is 0 Å². The predicted molar refractivity (Wildman–Crippen MR) is 106 cm³/mol. The van der Waals surface area contributed by atoms with Gasteiger partial charge in [-0.3, -0.25) is 4.99 Å². The van der Waals surface area contributed by atoms with Gasteiger partial charge in [-0.15, -0.1) is 35.3 Å². The van der Waals surface area contributed by atoms with Gasteiger partial charge in [-0.2, -0.15) is 0 Å². The zero-order valence-electron chi connectivity index (χ0n) is 11.8. The maximum atomic E-state index is 4.23. The van der Waals surface area contributed by atoms with E-state index >= 15 is 0 Å². The minimum absolute atomic E-state index is 0. The van der Waals surface area contributed by atoms with Crippen LogP contribution in [0.5, 0.6) is 0 Å². The molecule has 0 bridgehead atoms. The van der Waals surface area contributed by atoms with Crippen LogP contribution in [0.3, 0.4) is 0 Å². The Balaban J connectivity index is 0.00000220. The lowest BCUT2D eigenvalue weighted by molar-refractivity contribution is 0.799. The number of rotatable bonds is 5. The summed E-state index contributed by atoms with van der Waals surface area (Å²) in [6, 6.07) is 12.5. The van der Waals surface area contributed by atoms with Crippen LogP contribution in [0.15, 0.2) is 51.2 Å². The van der Waals surface area contributed by atoms with E-state index in [9.17, 15) is 0 Å². The maximum absolute atomic E-state index is 4.23. The lowest BCUT2D eigenvalue weighted by Gasteiger charge is -2.11. The van der Waals surface area contributed by atoms with Crippen LogP contribution in [0.4, 0.5) is 0 Å². The van der Waals surface area contributed by atoms with Crippen LogP contribution in [0.1, 0.15) is 10.4 Å². The Morgan fingerprint density at radius 3 is 2.57 bits per heavy atom. The molecule has 0 fully saturated rings. The van der Waals surface area contributed by atoms with Crippen LogP contribution >= 0.6 is 51.2 Å². The summed E-state index contributed by atoms with van der Waals surface area (Å²) in [6.45, 7) is 1.66. The monoisotopic (exact) mass is 479 g/mol. The minimum Gasteiger partial charge on any atom is -0.356 e. The van der Waals surface area contributed by atoms with Crippen molar-refractivity contribution in [2.75, 3.05) is 13.6 Å². The second-order valence-corrected chi connectivity index (χ2v) is 6.26. The van der Waals surface area contributed by atoms with Gasteiger partial charge in [0.25, 0.3) is 0 Å². The molecule has 2 aromatic rings. The summed E-state index contributed by atoms with van der Waals surface area (Å²) in [6.07, 6.45) is 1.02. The molecular weight excluding hydrogens is 461 g/mol.